The van der Waals surface area contributed by atoms with Gasteiger partial charge in [-0.1, -0.05) is 20.8 Å². The van der Waals surface area contributed by atoms with Crippen molar-refractivity contribution in [2.24, 2.45) is 11.1 Å². The molecule has 12 heteroatoms. The van der Waals surface area contributed by atoms with Crippen molar-refractivity contribution in [2.45, 2.75) is 58.4 Å². The summed E-state index contributed by atoms with van der Waals surface area (Å²) in [4.78, 5) is 46.8. The highest BCUT2D eigenvalue weighted by Gasteiger charge is 2.49. The van der Waals surface area contributed by atoms with E-state index in [1.165, 1.54) is 11.2 Å². The fourth-order valence-corrected chi connectivity index (χ4v) is 3.79. The number of nitrogens with two attached hydrogens (primary N) is 1. The number of aliphatic hydroxyl groups is 1. The molecule has 4 rings (SSSR count). The number of nitrogens with one attached hydrogen (secondary N) is 3. The molecule has 3 aliphatic rings. The predicted molar refractivity (Wildman–Crippen MR) is 113 cm³/mol. The molecule has 32 heavy (non-hydrogen) atoms. The molecule has 1 aromatic rings. The smallest absolute Gasteiger partial charge is 0.286 e. The van der Waals surface area contributed by atoms with Crippen LogP contribution in [0.15, 0.2) is 23.7 Å². The Balaban J connectivity index is 1.58. The SMILES string of the molecule is CC(C)(C)CN1C(O)=C(C(=O)NC2CC2)C(=O)N2NC(Nc3ccnc(C(N)=O)n3)CC12. The van der Waals surface area contributed by atoms with Crippen LogP contribution < -0.4 is 21.8 Å². The maximum atomic E-state index is 13.2. The quantitative estimate of drug-likeness (QED) is 0.373. The summed E-state index contributed by atoms with van der Waals surface area (Å²) < 4.78 is 0. The van der Waals surface area contributed by atoms with Gasteiger partial charge in [-0.05, 0) is 24.3 Å². The summed E-state index contributed by atoms with van der Waals surface area (Å²) in [6.07, 6.45) is 2.54. The average molecular weight is 444 g/mol. The number of fused-ring (bicyclic) bond motifs is 1. The van der Waals surface area contributed by atoms with Crippen molar-refractivity contribution in [2.75, 3.05) is 11.9 Å². The molecule has 0 aromatic carbocycles. The van der Waals surface area contributed by atoms with E-state index in [1.54, 1.807) is 11.0 Å². The van der Waals surface area contributed by atoms with Crippen molar-refractivity contribution in [3.05, 3.63) is 29.5 Å². The average Bonchev–Trinajstić information content (AvgIpc) is 3.41. The lowest BCUT2D eigenvalue weighted by Gasteiger charge is -2.42. The second-order valence-electron chi connectivity index (χ2n) is 9.48. The van der Waals surface area contributed by atoms with Crippen molar-refractivity contribution in [3.63, 3.8) is 0 Å². The van der Waals surface area contributed by atoms with Crippen LogP contribution in [-0.4, -0.2) is 67.6 Å². The third-order valence-corrected chi connectivity index (χ3v) is 5.31. The third kappa shape index (κ3) is 4.44. The van der Waals surface area contributed by atoms with E-state index >= 15 is 0 Å². The van der Waals surface area contributed by atoms with Gasteiger partial charge in [0, 0.05) is 25.2 Å². The number of aliphatic hydroxyl groups excluding tert-OH is 1. The number of carbonyl (C=O) groups is 3. The largest absolute Gasteiger partial charge is 0.494 e. The lowest BCUT2D eigenvalue weighted by Crippen LogP contribution is -2.58. The maximum absolute atomic E-state index is 13.2. The fraction of sp³-hybridized carbons (Fsp3) is 0.550. The number of amides is 3. The number of aromatic nitrogens is 2. The highest BCUT2D eigenvalue weighted by atomic mass is 16.3. The molecule has 2 aliphatic heterocycles. The molecule has 3 heterocycles. The summed E-state index contributed by atoms with van der Waals surface area (Å²) in [7, 11) is 0. The molecule has 1 saturated carbocycles. The van der Waals surface area contributed by atoms with E-state index in [0.717, 1.165) is 12.8 Å². The topological polar surface area (TPSA) is 166 Å². The lowest BCUT2D eigenvalue weighted by molar-refractivity contribution is -0.142. The Morgan fingerprint density at radius 2 is 2.06 bits per heavy atom. The van der Waals surface area contributed by atoms with E-state index < -0.39 is 30.1 Å². The van der Waals surface area contributed by atoms with Crippen LogP contribution in [0, 0.1) is 5.41 Å². The highest BCUT2D eigenvalue weighted by molar-refractivity contribution is 6.19. The molecule has 0 radical (unpaired) electrons. The highest BCUT2D eigenvalue weighted by Crippen LogP contribution is 2.33. The normalized spacial score (nSPS) is 23.3. The van der Waals surface area contributed by atoms with Crippen LogP contribution in [0.5, 0.6) is 0 Å². The van der Waals surface area contributed by atoms with Gasteiger partial charge < -0.3 is 26.4 Å². The van der Waals surface area contributed by atoms with Crippen molar-refractivity contribution in [3.8, 4) is 0 Å². The molecular formula is C20H28N8O4. The Kier molecular flexibility index (Phi) is 5.41. The molecule has 2 unspecified atom stereocenters. The molecule has 2 atom stereocenters. The third-order valence-electron chi connectivity index (χ3n) is 5.31. The zero-order chi connectivity index (χ0) is 23.2. The van der Waals surface area contributed by atoms with Crippen LogP contribution in [0.1, 0.15) is 50.7 Å². The van der Waals surface area contributed by atoms with Gasteiger partial charge in [-0.15, -0.1) is 0 Å². The Morgan fingerprint density at radius 3 is 2.69 bits per heavy atom. The van der Waals surface area contributed by atoms with E-state index in [9.17, 15) is 19.5 Å². The first-order valence-corrected chi connectivity index (χ1v) is 10.5. The van der Waals surface area contributed by atoms with E-state index in [1.807, 2.05) is 20.8 Å². The second kappa shape index (κ2) is 7.93. The van der Waals surface area contributed by atoms with Crippen molar-refractivity contribution in [1.29, 1.82) is 0 Å². The fourth-order valence-electron chi connectivity index (χ4n) is 3.79. The summed E-state index contributed by atoms with van der Waals surface area (Å²) in [6.45, 7) is 6.45. The first-order chi connectivity index (χ1) is 15.0. The molecule has 1 aromatic heterocycles. The molecule has 2 fully saturated rings. The van der Waals surface area contributed by atoms with E-state index in [2.05, 4.69) is 26.0 Å². The van der Waals surface area contributed by atoms with Gasteiger partial charge in [-0.25, -0.2) is 20.4 Å². The van der Waals surface area contributed by atoms with Crippen LogP contribution in [0.25, 0.3) is 0 Å². The number of nitrogens with zero attached hydrogens (tertiary/aromatic N) is 4. The summed E-state index contributed by atoms with van der Waals surface area (Å²) >= 11 is 0. The second-order valence-corrected chi connectivity index (χ2v) is 9.48. The van der Waals surface area contributed by atoms with E-state index in [-0.39, 0.29) is 28.7 Å². The number of hydrazine groups is 1. The van der Waals surface area contributed by atoms with Crippen LogP contribution in [0.4, 0.5) is 5.82 Å². The molecular weight excluding hydrogens is 416 g/mol. The predicted octanol–water partition coefficient (Wildman–Crippen LogP) is -0.214. The van der Waals surface area contributed by atoms with Gasteiger partial charge in [-0.2, -0.15) is 0 Å². The molecule has 172 valence electrons. The number of rotatable bonds is 6. The van der Waals surface area contributed by atoms with Crippen LogP contribution in [0.2, 0.25) is 0 Å². The Hall–Kier alpha value is -3.41. The first-order valence-electron chi connectivity index (χ1n) is 10.5. The zero-order valence-corrected chi connectivity index (χ0v) is 18.3. The molecule has 3 amide bonds. The van der Waals surface area contributed by atoms with Gasteiger partial charge >= 0.3 is 0 Å². The van der Waals surface area contributed by atoms with Crippen LogP contribution in [-0.2, 0) is 9.59 Å². The zero-order valence-electron chi connectivity index (χ0n) is 18.3. The summed E-state index contributed by atoms with van der Waals surface area (Å²) in [6, 6.07) is 1.62. The Morgan fingerprint density at radius 1 is 1.34 bits per heavy atom. The maximum Gasteiger partial charge on any atom is 0.286 e. The van der Waals surface area contributed by atoms with E-state index in [0.29, 0.717) is 18.8 Å². The molecule has 1 saturated heterocycles. The Labute approximate surface area is 185 Å². The monoisotopic (exact) mass is 444 g/mol. The van der Waals surface area contributed by atoms with Crippen LogP contribution in [0.3, 0.4) is 0 Å². The summed E-state index contributed by atoms with van der Waals surface area (Å²) in [5.41, 5.74) is 7.81. The van der Waals surface area contributed by atoms with Crippen molar-refractivity contribution < 1.29 is 19.5 Å². The van der Waals surface area contributed by atoms with Gasteiger partial charge in [0.15, 0.2) is 5.57 Å². The lowest BCUT2D eigenvalue weighted by atomic mass is 9.95. The number of hydrogen-bond donors (Lipinski definition) is 5. The molecule has 6 N–H and O–H groups in total. The number of carbonyl (C=O) groups excluding carboxylic acids is 3. The minimum atomic E-state index is -0.752. The summed E-state index contributed by atoms with van der Waals surface area (Å²) in [5.74, 6) is -2.02. The van der Waals surface area contributed by atoms with Gasteiger partial charge in [0.2, 0.25) is 11.7 Å². The van der Waals surface area contributed by atoms with E-state index in [4.69, 9.17) is 5.73 Å². The van der Waals surface area contributed by atoms with Gasteiger partial charge in [0.25, 0.3) is 17.7 Å². The molecule has 0 spiro atoms. The first kappa shape index (κ1) is 21.8. The Bertz CT molecular complexity index is 984. The summed E-state index contributed by atoms with van der Waals surface area (Å²) in [5, 5.41) is 18.2. The van der Waals surface area contributed by atoms with Gasteiger partial charge in [-0.3, -0.25) is 14.4 Å². The number of primary amides is 1. The molecule has 0 bridgehead atoms. The molecule has 12 nitrogen and oxygen atoms in total. The van der Waals surface area contributed by atoms with Crippen LogP contribution >= 0.6 is 0 Å². The number of anilines is 1. The number of hydrogen-bond acceptors (Lipinski definition) is 9. The molecule has 1 aliphatic carbocycles. The van der Waals surface area contributed by atoms with Gasteiger partial charge in [0.1, 0.15) is 12.0 Å². The van der Waals surface area contributed by atoms with Crippen molar-refractivity contribution >= 4 is 23.5 Å². The van der Waals surface area contributed by atoms with Gasteiger partial charge in [0.05, 0.1) is 6.17 Å². The van der Waals surface area contributed by atoms with Crippen molar-refractivity contribution in [1.82, 2.24) is 30.6 Å². The standard InChI is InChI=1S/C20H28N8O4/c1-20(2,3)9-27-13-8-12(24-11-6-7-22-16(25-11)15(21)29)26-28(13)19(32)14(18(27)31)17(30)23-10-4-5-10/h6-7,10,12-13,26,31H,4-5,8-9H2,1-3H3,(H2,21,29)(H,23,30)(H,22,24,25). The minimum absolute atomic E-state index is 0.0440. The minimum Gasteiger partial charge on any atom is -0.494 e.